The molecular weight excluding hydrogens is 330 g/mol. The molecule has 0 saturated heterocycles. The number of benzene rings is 1. The van der Waals surface area contributed by atoms with Crippen LogP contribution in [0.4, 0.5) is 11.4 Å². The first-order valence-electron chi connectivity index (χ1n) is 7.76. The van der Waals surface area contributed by atoms with Crippen LogP contribution in [-0.2, 0) is 19.6 Å². The van der Waals surface area contributed by atoms with E-state index in [-0.39, 0.29) is 18.9 Å². The van der Waals surface area contributed by atoms with E-state index in [9.17, 15) is 13.2 Å². The van der Waals surface area contributed by atoms with E-state index in [1.807, 2.05) is 31.1 Å². The van der Waals surface area contributed by atoms with Crippen molar-refractivity contribution < 1.29 is 17.9 Å². The van der Waals surface area contributed by atoms with Crippen molar-refractivity contribution in [2.75, 3.05) is 56.4 Å². The predicted molar refractivity (Wildman–Crippen MR) is 97.1 cm³/mol. The zero-order chi connectivity index (χ0) is 18.2. The van der Waals surface area contributed by atoms with E-state index in [0.717, 1.165) is 18.4 Å². The van der Waals surface area contributed by atoms with Crippen LogP contribution in [0.5, 0.6) is 0 Å². The lowest BCUT2D eigenvalue weighted by Gasteiger charge is -2.23. The second kappa shape index (κ2) is 9.48. The van der Waals surface area contributed by atoms with Crippen LogP contribution < -0.4 is 14.5 Å². The molecule has 0 radical (unpaired) electrons. The minimum absolute atomic E-state index is 0.107. The predicted octanol–water partition coefficient (Wildman–Crippen LogP) is 1.06. The number of hydrogen-bond donors (Lipinski definition) is 1. The highest BCUT2D eigenvalue weighted by Gasteiger charge is 2.18. The molecule has 0 atom stereocenters. The van der Waals surface area contributed by atoms with Gasteiger partial charge >= 0.3 is 0 Å². The van der Waals surface area contributed by atoms with Crippen molar-refractivity contribution in [1.29, 1.82) is 0 Å². The van der Waals surface area contributed by atoms with Gasteiger partial charge in [0, 0.05) is 53.0 Å². The molecule has 7 nitrogen and oxygen atoms in total. The highest BCUT2D eigenvalue weighted by Crippen LogP contribution is 2.21. The van der Waals surface area contributed by atoms with Crippen LogP contribution >= 0.6 is 0 Å². The molecule has 1 aromatic carbocycles. The number of anilines is 2. The molecule has 1 amide bonds. The van der Waals surface area contributed by atoms with Gasteiger partial charge in [-0.25, -0.2) is 8.42 Å². The van der Waals surface area contributed by atoms with Crippen molar-refractivity contribution in [2.24, 2.45) is 0 Å². The zero-order valence-electron chi connectivity index (χ0n) is 14.8. The Bertz CT molecular complexity index is 615. The third kappa shape index (κ3) is 6.76. The lowest BCUT2D eigenvalue weighted by atomic mass is 10.2. The van der Waals surface area contributed by atoms with Gasteiger partial charge < -0.3 is 15.0 Å². The second-order valence-electron chi connectivity index (χ2n) is 5.69. The summed E-state index contributed by atoms with van der Waals surface area (Å²) in [5, 5.41) is 2.75. The zero-order valence-corrected chi connectivity index (χ0v) is 15.6. The van der Waals surface area contributed by atoms with Gasteiger partial charge in [0.2, 0.25) is 15.9 Å². The molecule has 0 bridgehead atoms. The van der Waals surface area contributed by atoms with Crippen LogP contribution in [0.1, 0.15) is 12.8 Å². The number of nitrogens with one attached hydrogen (secondary N) is 1. The van der Waals surface area contributed by atoms with Crippen molar-refractivity contribution >= 4 is 27.3 Å². The Morgan fingerprint density at radius 2 is 1.75 bits per heavy atom. The fourth-order valence-electron chi connectivity index (χ4n) is 2.14. The Labute approximate surface area is 144 Å². The Morgan fingerprint density at radius 3 is 2.25 bits per heavy atom. The molecule has 24 heavy (non-hydrogen) atoms. The minimum Gasteiger partial charge on any atom is -0.385 e. The number of hydrogen-bond acceptors (Lipinski definition) is 5. The first-order valence-corrected chi connectivity index (χ1v) is 9.61. The van der Waals surface area contributed by atoms with E-state index in [4.69, 9.17) is 4.74 Å². The Morgan fingerprint density at radius 1 is 1.17 bits per heavy atom. The summed E-state index contributed by atoms with van der Waals surface area (Å²) in [6, 6.07) is 7.18. The molecule has 1 rings (SSSR count). The van der Waals surface area contributed by atoms with Crippen molar-refractivity contribution in [3.63, 3.8) is 0 Å². The molecular formula is C16H27N3O4S. The molecule has 0 aliphatic carbocycles. The monoisotopic (exact) mass is 357 g/mol. The number of carbonyl (C=O) groups is 1. The molecule has 0 aliphatic rings. The summed E-state index contributed by atoms with van der Waals surface area (Å²) in [6.45, 7) is 1.20. The van der Waals surface area contributed by atoms with Crippen molar-refractivity contribution in [3.8, 4) is 0 Å². The standard InChI is InChI=1S/C16H27N3O4S/c1-18(2)14-6-8-15(9-7-14)19(24(4,21)22)12-10-16(20)17-11-5-13-23-3/h6-9H,5,10-13H2,1-4H3,(H,17,20). The van der Waals surface area contributed by atoms with Gasteiger partial charge in [-0.05, 0) is 30.7 Å². The molecule has 8 heteroatoms. The SMILES string of the molecule is COCCCNC(=O)CCN(c1ccc(N(C)C)cc1)S(C)(=O)=O. The summed E-state index contributed by atoms with van der Waals surface area (Å²) in [6.07, 6.45) is 1.98. The summed E-state index contributed by atoms with van der Waals surface area (Å²) < 4.78 is 30.2. The van der Waals surface area contributed by atoms with E-state index in [1.54, 1.807) is 19.2 Å². The fourth-order valence-corrected chi connectivity index (χ4v) is 3.07. The molecule has 1 aromatic rings. The third-order valence-electron chi connectivity index (χ3n) is 3.44. The summed E-state index contributed by atoms with van der Waals surface area (Å²) in [4.78, 5) is 13.8. The lowest BCUT2D eigenvalue weighted by Crippen LogP contribution is -2.35. The molecule has 0 aromatic heterocycles. The van der Waals surface area contributed by atoms with Gasteiger partial charge in [-0.15, -0.1) is 0 Å². The molecule has 0 aliphatic heterocycles. The number of carbonyl (C=O) groups excluding carboxylic acids is 1. The van der Waals surface area contributed by atoms with Crippen LogP contribution in [0.2, 0.25) is 0 Å². The topological polar surface area (TPSA) is 79.0 Å². The highest BCUT2D eigenvalue weighted by atomic mass is 32.2. The number of nitrogens with zero attached hydrogens (tertiary/aromatic N) is 2. The first-order chi connectivity index (χ1) is 11.3. The number of amides is 1. The van der Waals surface area contributed by atoms with Gasteiger partial charge in [-0.3, -0.25) is 9.10 Å². The molecule has 0 saturated carbocycles. The quantitative estimate of drug-likeness (QED) is 0.634. The maximum absolute atomic E-state index is 12.0. The normalized spacial score (nSPS) is 11.2. The summed E-state index contributed by atoms with van der Waals surface area (Å²) in [5.41, 5.74) is 1.53. The Kier molecular flexibility index (Phi) is 8.00. The van der Waals surface area contributed by atoms with Crippen LogP contribution in [-0.4, -0.2) is 61.5 Å². The average molecular weight is 357 g/mol. The van der Waals surface area contributed by atoms with Gasteiger partial charge in [-0.2, -0.15) is 0 Å². The average Bonchev–Trinajstić information content (AvgIpc) is 2.51. The summed E-state index contributed by atoms with van der Waals surface area (Å²) >= 11 is 0. The van der Waals surface area contributed by atoms with E-state index < -0.39 is 10.0 Å². The van der Waals surface area contributed by atoms with Gasteiger partial charge in [0.25, 0.3) is 0 Å². The van der Waals surface area contributed by atoms with E-state index in [1.165, 1.54) is 4.31 Å². The van der Waals surface area contributed by atoms with Gasteiger partial charge in [-0.1, -0.05) is 0 Å². The highest BCUT2D eigenvalue weighted by molar-refractivity contribution is 7.92. The third-order valence-corrected chi connectivity index (χ3v) is 4.64. The maximum Gasteiger partial charge on any atom is 0.232 e. The minimum atomic E-state index is -3.46. The van der Waals surface area contributed by atoms with E-state index >= 15 is 0 Å². The summed E-state index contributed by atoms with van der Waals surface area (Å²) in [5.74, 6) is -0.176. The van der Waals surface area contributed by atoms with E-state index in [2.05, 4.69) is 5.32 Å². The lowest BCUT2D eigenvalue weighted by molar-refractivity contribution is -0.120. The molecule has 0 heterocycles. The van der Waals surface area contributed by atoms with Gasteiger partial charge in [0.15, 0.2) is 0 Å². The van der Waals surface area contributed by atoms with Crippen LogP contribution in [0.3, 0.4) is 0 Å². The number of ether oxygens (including phenoxy) is 1. The van der Waals surface area contributed by atoms with Gasteiger partial charge in [0.1, 0.15) is 0 Å². The van der Waals surface area contributed by atoms with Crippen LogP contribution in [0.25, 0.3) is 0 Å². The molecule has 1 N–H and O–H groups in total. The summed E-state index contributed by atoms with van der Waals surface area (Å²) in [7, 11) is 1.98. The van der Waals surface area contributed by atoms with Crippen LogP contribution in [0.15, 0.2) is 24.3 Å². The van der Waals surface area contributed by atoms with Crippen molar-refractivity contribution in [2.45, 2.75) is 12.8 Å². The second-order valence-corrected chi connectivity index (χ2v) is 7.60. The van der Waals surface area contributed by atoms with Crippen molar-refractivity contribution in [3.05, 3.63) is 24.3 Å². The fraction of sp³-hybridized carbons (Fsp3) is 0.562. The number of rotatable bonds is 10. The largest absolute Gasteiger partial charge is 0.385 e. The maximum atomic E-state index is 12.0. The van der Waals surface area contributed by atoms with Crippen molar-refractivity contribution in [1.82, 2.24) is 5.32 Å². The Hall–Kier alpha value is -1.80. The Balaban J connectivity index is 2.68. The number of sulfonamides is 1. The van der Waals surface area contributed by atoms with Crippen LogP contribution in [0, 0.1) is 0 Å². The number of methoxy groups -OCH3 is 1. The smallest absolute Gasteiger partial charge is 0.232 e. The molecule has 0 spiro atoms. The van der Waals surface area contributed by atoms with Gasteiger partial charge in [0.05, 0.1) is 11.9 Å². The molecule has 0 unspecified atom stereocenters. The molecule has 0 fully saturated rings. The van der Waals surface area contributed by atoms with E-state index in [0.29, 0.717) is 18.8 Å². The molecule has 136 valence electrons. The first kappa shape index (κ1) is 20.2.